The van der Waals surface area contributed by atoms with E-state index in [4.69, 9.17) is 0 Å². The molecule has 138 valence electrons. The Bertz CT molecular complexity index is 615. The predicted octanol–water partition coefficient (Wildman–Crippen LogP) is 3.04. The van der Waals surface area contributed by atoms with Gasteiger partial charge in [0.25, 0.3) is 0 Å². The van der Waals surface area contributed by atoms with Crippen LogP contribution in [0.4, 0.5) is 0 Å². The topological polar surface area (TPSA) is 58.2 Å². The number of hydrogen-bond donors (Lipinski definition) is 2. The molecular formula is C21H32N2O2. The molecule has 3 saturated carbocycles. The van der Waals surface area contributed by atoms with Crippen LogP contribution < -0.4 is 10.6 Å². The Morgan fingerprint density at radius 2 is 2.00 bits per heavy atom. The Morgan fingerprint density at radius 3 is 2.76 bits per heavy atom. The van der Waals surface area contributed by atoms with Gasteiger partial charge in [-0.3, -0.25) is 9.59 Å². The lowest BCUT2D eigenvalue weighted by Gasteiger charge is -2.59. The summed E-state index contributed by atoms with van der Waals surface area (Å²) in [6, 6.07) is 0.304. The Morgan fingerprint density at radius 1 is 1.20 bits per heavy atom. The number of rotatable bonds is 2. The molecule has 0 radical (unpaired) electrons. The second kappa shape index (κ2) is 5.85. The average Bonchev–Trinajstić information content (AvgIpc) is 2.92. The second-order valence-corrected chi connectivity index (χ2v) is 9.41. The number of hydrogen-bond acceptors (Lipinski definition) is 2. The lowest BCUT2D eigenvalue weighted by Crippen LogP contribution is -2.59. The van der Waals surface area contributed by atoms with Crippen molar-refractivity contribution in [3.63, 3.8) is 0 Å². The van der Waals surface area contributed by atoms with E-state index in [1.165, 1.54) is 32.1 Å². The molecule has 2 N–H and O–H groups in total. The van der Waals surface area contributed by atoms with Crippen LogP contribution in [0, 0.1) is 34.5 Å². The monoisotopic (exact) mass is 344 g/mol. The van der Waals surface area contributed by atoms with Crippen LogP contribution in [-0.4, -0.2) is 24.9 Å². The molecule has 3 aliphatic carbocycles. The Hall–Kier alpha value is -1.32. The Labute approximate surface area is 151 Å². The van der Waals surface area contributed by atoms with E-state index in [0.717, 1.165) is 18.3 Å². The minimum atomic E-state index is 0.0769. The van der Waals surface area contributed by atoms with E-state index in [1.807, 2.05) is 0 Å². The maximum Gasteiger partial charge on any atom is 0.243 e. The van der Waals surface area contributed by atoms with Crippen LogP contribution in [0.3, 0.4) is 0 Å². The maximum absolute atomic E-state index is 12.0. The normalized spacial score (nSPS) is 48.1. The van der Waals surface area contributed by atoms with E-state index in [1.54, 1.807) is 13.1 Å². The van der Waals surface area contributed by atoms with Crippen molar-refractivity contribution in [3.05, 3.63) is 12.2 Å². The number of amides is 2. The number of carbonyl (C=O) groups is 2. The Kier molecular flexibility index (Phi) is 4.01. The smallest absolute Gasteiger partial charge is 0.243 e. The fraction of sp³-hybridized carbons (Fsp3) is 0.810. The third kappa shape index (κ3) is 2.47. The zero-order valence-corrected chi connectivity index (χ0v) is 15.8. The lowest BCUT2D eigenvalue weighted by molar-refractivity contribution is -0.124. The molecule has 0 saturated heterocycles. The van der Waals surface area contributed by atoms with Gasteiger partial charge in [0.1, 0.15) is 0 Å². The van der Waals surface area contributed by atoms with Gasteiger partial charge in [-0.25, -0.2) is 0 Å². The minimum absolute atomic E-state index is 0.0769. The SMILES string of the molecule is CNC(=O)CC1CC[C@H]2[C@@H]3CC[C@H]4NC(=O)C=C[C@]4(C)[C@H]3CC[C@]12C. The Balaban J connectivity index is 1.59. The van der Waals surface area contributed by atoms with Crippen LogP contribution in [0.15, 0.2) is 12.2 Å². The van der Waals surface area contributed by atoms with Crippen LogP contribution in [0.25, 0.3) is 0 Å². The maximum atomic E-state index is 12.0. The number of carbonyl (C=O) groups excluding carboxylic acids is 2. The highest BCUT2D eigenvalue weighted by atomic mass is 16.2. The van der Waals surface area contributed by atoms with E-state index in [2.05, 4.69) is 30.6 Å². The molecule has 4 heteroatoms. The molecule has 0 spiro atoms. The molecule has 25 heavy (non-hydrogen) atoms. The predicted molar refractivity (Wildman–Crippen MR) is 97.6 cm³/mol. The average molecular weight is 344 g/mol. The van der Waals surface area contributed by atoms with E-state index in [9.17, 15) is 9.59 Å². The van der Waals surface area contributed by atoms with Gasteiger partial charge in [0.05, 0.1) is 0 Å². The summed E-state index contributed by atoms with van der Waals surface area (Å²) in [5, 5.41) is 6.04. The highest BCUT2D eigenvalue weighted by molar-refractivity contribution is 5.89. The first-order valence-electron chi connectivity index (χ1n) is 10.1. The van der Waals surface area contributed by atoms with Gasteiger partial charge in [0.15, 0.2) is 0 Å². The highest BCUT2D eigenvalue weighted by Gasteiger charge is 2.59. The van der Waals surface area contributed by atoms with Crippen molar-refractivity contribution < 1.29 is 9.59 Å². The first-order chi connectivity index (χ1) is 11.9. The molecule has 3 fully saturated rings. The van der Waals surface area contributed by atoms with E-state index >= 15 is 0 Å². The third-order valence-corrected chi connectivity index (χ3v) is 8.59. The summed E-state index contributed by atoms with van der Waals surface area (Å²) in [4.78, 5) is 23.8. The van der Waals surface area contributed by atoms with Crippen molar-refractivity contribution in [2.24, 2.45) is 34.5 Å². The highest BCUT2D eigenvalue weighted by Crippen LogP contribution is 2.65. The number of nitrogens with one attached hydrogen (secondary N) is 2. The fourth-order valence-electron chi connectivity index (χ4n) is 7.10. The van der Waals surface area contributed by atoms with E-state index in [-0.39, 0.29) is 17.2 Å². The summed E-state index contributed by atoms with van der Waals surface area (Å²) in [6.45, 7) is 4.82. The summed E-state index contributed by atoms with van der Waals surface area (Å²) in [7, 11) is 1.75. The first-order valence-corrected chi connectivity index (χ1v) is 10.1. The van der Waals surface area contributed by atoms with Crippen molar-refractivity contribution in [3.8, 4) is 0 Å². The largest absolute Gasteiger partial charge is 0.359 e. The van der Waals surface area contributed by atoms with Gasteiger partial charge in [-0.05, 0) is 73.7 Å². The van der Waals surface area contributed by atoms with Crippen molar-refractivity contribution in [2.75, 3.05) is 7.05 Å². The molecule has 2 amide bonds. The third-order valence-electron chi connectivity index (χ3n) is 8.59. The molecule has 0 aromatic heterocycles. The summed E-state index contributed by atoms with van der Waals surface area (Å²) in [6.07, 6.45) is 11.9. The van der Waals surface area contributed by atoms with E-state index < -0.39 is 0 Å². The molecule has 4 nitrogen and oxygen atoms in total. The summed E-state index contributed by atoms with van der Waals surface area (Å²) >= 11 is 0. The zero-order valence-electron chi connectivity index (χ0n) is 15.8. The van der Waals surface area contributed by atoms with Gasteiger partial charge in [-0.1, -0.05) is 19.9 Å². The molecule has 1 aliphatic heterocycles. The van der Waals surface area contributed by atoms with Crippen molar-refractivity contribution in [1.82, 2.24) is 10.6 Å². The lowest BCUT2D eigenvalue weighted by atomic mass is 9.48. The molecule has 0 bridgehead atoms. The van der Waals surface area contributed by atoms with Gasteiger partial charge in [-0.15, -0.1) is 0 Å². The molecule has 0 aromatic rings. The van der Waals surface area contributed by atoms with E-state index in [0.29, 0.717) is 29.7 Å². The van der Waals surface area contributed by atoms with Crippen LogP contribution in [0.2, 0.25) is 0 Å². The van der Waals surface area contributed by atoms with Crippen molar-refractivity contribution >= 4 is 11.8 Å². The summed E-state index contributed by atoms with van der Waals surface area (Å²) < 4.78 is 0. The molecular weight excluding hydrogens is 312 g/mol. The van der Waals surface area contributed by atoms with Crippen LogP contribution in [-0.2, 0) is 9.59 Å². The minimum Gasteiger partial charge on any atom is -0.359 e. The molecule has 7 atom stereocenters. The molecule has 4 rings (SSSR count). The molecule has 0 aromatic carbocycles. The van der Waals surface area contributed by atoms with Gasteiger partial charge in [0, 0.05) is 24.9 Å². The second-order valence-electron chi connectivity index (χ2n) is 9.41. The quantitative estimate of drug-likeness (QED) is 0.809. The summed E-state index contributed by atoms with van der Waals surface area (Å²) in [5.74, 6) is 2.96. The van der Waals surface area contributed by atoms with Crippen LogP contribution in [0.5, 0.6) is 0 Å². The van der Waals surface area contributed by atoms with Gasteiger partial charge in [-0.2, -0.15) is 0 Å². The van der Waals surface area contributed by atoms with Gasteiger partial charge in [0.2, 0.25) is 11.8 Å². The molecule has 1 heterocycles. The zero-order chi connectivity index (χ0) is 17.8. The fourth-order valence-corrected chi connectivity index (χ4v) is 7.10. The summed E-state index contributed by atoms with van der Waals surface area (Å²) in [5.41, 5.74) is 0.426. The van der Waals surface area contributed by atoms with Crippen molar-refractivity contribution in [2.45, 2.75) is 64.8 Å². The van der Waals surface area contributed by atoms with Crippen LogP contribution >= 0.6 is 0 Å². The number of fused-ring (bicyclic) bond motifs is 5. The standard InChI is InChI=1S/C21H32N2O2/c1-20-10-8-16-14(15(20)6-4-13(20)12-19(25)22-3)5-7-17-21(16,2)11-9-18(24)23-17/h9,11,13-17H,4-8,10,12H2,1-3H3,(H,22,25)(H,23,24)/t13?,14-,15-,16-,17+,20+,21+/m0/s1. The van der Waals surface area contributed by atoms with Gasteiger partial charge >= 0.3 is 0 Å². The molecule has 4 aliphatic rings. The molecule has 1 unspecified atom stereocenters. The van der Waals surface area contributed by atoms with Crippen molar-refractivity contribution in [1.29, 1.82) is 0 Å². The first kappa shape index (κ1) is 17.1. The van der Waals surface area contributed by atoms with Crippen LogP contribution in [0.1, 0.15) is 58.8 Å². The van der Waals surface area contributed by atoms with Gasteiger partial charge < -0.3 is 10.6 Å².